The van der Waals surface area contributed by atoms with Crippen molar-refractivity contribution in [2.45, 2.75) is 33.2 Å². The average molecular weight is 472 g/mol. The van der Waals surface area contributed by atoms with Crippen LogP contribution in [0.25, 0.3) is 10.8 Å². The molecule has 1 aliphatic heterocycles. The first-order valence-electron chi connectivity index (χ1n) is 11.8. The van der Waals surface area contributed by atoms with E-state index in [-0.39, 0.29) is 18.5 Å². The van der Waals surface area contributed by atoms with Crippen molar-refractivity contribution in [3.63, 3.8) is 0 Å². The van der Waals surface area contributed by atoms with Gasteiger partial charge in [0.2, 0.25) is 0 Å². The van der Waals surface area contributed by atoms with Crippen molar-refractivity contribution in [3.05, 3.63) is 89.1 Å². The molecule has 3 amide bonds. The molecule has 180 valence electrons. The summed E-state index contributed by atoms with van der Waals surface area (Å²) in [5.74, 6) is -0.669. The summed E-state index contributed by atoms with van der Waals surface area (Å²) in [4.78, 5) is 39.9. The van der Waals surface area contributed by atoms with Crippen LogP contribution in [0, 0.1) is 0 Å². The number of rotatable bonds is 7. The third-order valence-electron chi connectivity index (χ3n) is 6.05. The molecule has 0 radical (unpaired) electrons. The highest BCUT2D eigenvalue weighted by molar-refractivity contribution is 6.06. The van der Waals surface area contributed by atoms with Crippen molar-refractivity contribution in [2.24, 2.45) is 0 Å². The number of carbonyl (C=O) groups excluding carboxylic acids is 3. The van der Waals surface area contributed by atoms with Crippen LogP contribution in [0.2, 0.25) is 0 Å². The molecule has 4 rings (SSSR count). The highest BCUT2D eigenvalue weighted by atomic mass is 16.5. The summed E-state index contributed by atoms with van der Waals surface area (Å²) in [5.41, 5.74) is 2.90. The first kappa shape index (κ1) is 24.0. The summed E-state index contributed by atoms with van der Waals surface area (Å²) in [6.45, 7) is 6.24. The van der Waals surface area contributed by atoms with Crippen LogP contribution in [0.3, 0.4) is 0 Å². The molecule has 3 aromatic rings. The van der Waals surface area contributed by atoms with Gasteiger partial charge in [0.25, 0.3) is 5.91 Å². The predicted molar refractivity (Wildman–Crippen MR) is 136 cm³/mol. The van der Waals surface area contributed by atoms with E-state index in [4.69, 9.17) is 4.74 Å². The zero-order valence-corrected chi connectivity index (χ0v) is 20.1. The van der Waals surface area contributed by atoms with E-state index in [1.807, 2.05) is 43.3 Å². The van der Waals surface area contributed by atoms with Crippen LogP contribution in [0.1, 0.15) is 49.2 Å². The van der Waals surface area contributed by atoms with Crippen molar-refractivity contribution >= 4 is 34.4 Å². The Morgan fingerprint density at radius 2 is 1.71 bits per heavy atom. The Morgan fingerprint density at radius 3 is 2.40 bits per heavy atom. The van der Waals surface area contributed by atoms with Crippen molar-refractivity contribution in [2.75, 3.05) is 18.5 Å². The lowest BCUT2D eigenvalue weighted by Crippen LogP contribution is -2.48. The molecule has 35 heavy (non-hydrogen) atoms. The maximum Gasteiger partial charge on any atom is 0.338 e. The van der Waals surface area contributed by atoms with Gasteiger partial charge in [0.1, 0.15) is 0 Å². The number of carbonyl (C=O) groups is 3. The van der Waals surface area contributed by atoms with Crippen LogP contribution in [-0.2, 0) is 9.53 Å². The summed E-state index contributed by atoms with van der Waals surface area (Å²) in [6, 6.07) is 19.7. The molecule has 0 aromatic heterocycles. The molecule has 0 saturated carbocycles. The lowest BCUT2D eigenvalue weighted by Gasteiger charge is -2.35. The van der Waals surface area contributed by atoms with Crippen LogP contribution in [0.15, 0.2) is 78.0 Å². The van der Waals surface area contributed by atoms with Crippen LogP contribution in [0.4, 0.5) is 10.5 Å². The zero-order chi connectivity index (χ0) is 24.9. The topological polar surface area (TPSA) is 87.7 Å². The van der Waals surface area contributed by atoms with E-state index in [1.54, 1.807) is 49.1 Å². The third kappa shape index (κ3) is 5.04. The first-order valence-corrected chi connectivity index (χ1v) is 11.8. The molecule has 0 bridgehead atoms. The molecule has 7 heteroatoms. The summed E-state index contributed by atoms with van der Waals surface area (Å²) < 4.78 is 5.29. The van der Waals surface area contributed by atoms with E-state index >= 15 is 0 Å². The summed E-state index contributed by atoms with van der Waals surface area (Å²) in [6.07, 6.45) is 0.761. The molecule has 2 N–H and O–H groups in total. The minimum atomic E-state index is -0.639. The Labute approximate surface area is 204 Å². The smallest absolute Gasteiger partial charge is 0.338 e. The van der Waals surface area contributed by atoms with Gasteiger partial charge in [-0.05, 0) is 60.9 Å². The number of fused-ring (bicyclic) bond motifs is 1. The number of benzene rings is 3. The maximum atomic E-state index is 12.8. The van der Waals surface area contributed by atoms with Crippen LogP contribution in [0.5, 0.6) is 0 Å². The summed E-state index contributed by atoms with van der Waals surface area (Å²) in [5, 5.41) is 7.91. The number of nitrogens with zero attached hydrogens (tertiary/aromatic N) is 1. The number of urea groups is 1. The van der Waals surface area contributed by atoms with Crippen molar-refractivity contribution < 1.29 is 19.1 Å². The summed E-state index contributed by atoms with van der Waals surface area (Å²) >= 11 is 0. The minimum Gasteiger partial charge on any atom is -0.463 e. The second-order valence-electron chi connectivity index (χ2n) is 8.39. The van der Waals surface area contributed by atoms with Gasteiger partial charge in [0, 0.05) is 23.5 Å². The Bertz CT molecular complexity index is 1300. The van der Waals surface area contributed by atoms with Gasteiger partial charge in [0.05, 0.1) is 18.2 Å². The van der Waals surface area contributed by atoms with Gasteiger partial charge in [-0.15, -0.1) is 0 Å². The number of ether oxygens (including phenoxy) is 1. The summed E-state index contributed by atoms with van der Waals surface area (Å²) in [7, 11) is 0. The van der Waals surface area contributed by atoms with Gasteiger partial charge in [0.15, 0.2) is 0 Å². The molecular formula is C28H29N3O4. The lowest BCUT2D eigenvalue weighted by atomic mass is 9.94. The molecular weight excluding hydrogens is 442 g/mol. The van der Waals surface area contributed by atoms with E-state index in [9.17, 15) is 14.4 Å². The molecule has 0 spiro atoms. The molecule has 0 saturated heterocycles. The molecule has 7 nitrogen and oxygen atoms in total. The van der Waals surface area contributed by atoms with Crippen LogP contribution < -0.4 is 10.6 Å². The zero-order valence-electron chi connectivity index (χ0n) is 20.1. The number of hydrogen-bond acceptors (Lipinski definition) is 4. The number of allylic oxidation sites excluding steroid dienone is 1. The lowest BCUT2D eigenvalue weighted by molar-refractivity contribution is -0.139. The highest BCUT2D eigenvalue weighted by Gasteiger charge is 2.36. The fraction of sp³-hybridized carbons (Fsp3) is 0.250. The third-order valence-corrected chi connectivity index (χ3v) is 6.05. The molecule has 1 heterocycles. The minimum absolute atomic E-state index is 0.215. The second-order valence-corrected chi connectivity index (χ2v) is 8.39. The highest BCUT2D eigenvalue weighted by Crippen LogP contribution is 2.32. The number of nitrogens with one attached hydrogen (secondary N) is 2. The normalized spacial score (nSPS) is 15.7. The van der Waals surface area contributed by atoms with Gasteiger partial charge >= 0.3 is 12.0 Å². The second kappa shape index (κ2) is 10.4. The number of hydrogen-bond donors (Lipinski definition) is 2. The average Bonchev–Trinajstić information content (AvgIpc) is 2.86. The standard InChI is InChI=1S/C28H29N3O4/c1-4-16-31-18(3)24(27(33)35-5-2)25(30-28(31)34)20-12-14-23(15-13-20)29-26(32)22-11-10-19-8-6-7-9-21(19)17-22/h6-15,17,25H,4-5,16H2,1-3H3,(H,29,32)(H,30,34)/t25-/m1/s1. The van der Waals surface area contributed by atoms with E-state index < -0.39 is 12.0 Å². The van der Waals surface area contributed by atoms with Crippen molar-refractivity contribution in [3.8, 4) is 0 Å². The Hall–Kier alpha value is -4.13. The van der Waals surface area contributed by atoms with E-state index in [0.717, 1.165) is 22.8 Å². The molecule has 0 fully saturated rings. The largest absolute Gasteiger partial charge is 0.463 e. The van der Waals surface area contributed by atoms with E-state index in [2.05, 4.69) is 10.6 Å². The molecule has 1 atom stereocenters. The van der Waals surface area contributed by atoms with Crippen LogP contribution in [-0.4, -0.2) is 36.0 Å². The van der Waals surface area contributed by atoms with Gasteiger partial charge in [-0.1, -0.05) is 49.4 Å². The van der Waals surface area contributed by atoms with Gasteiger partial charge in [-0.25, -0.2) is 9.59 Å². The molecule has 0 aliphatic carbocycles. The molecule has 0 unspecified atom stereocenters. The SMILES string of the molecule is CCCN1C(=O)N[C@H](c2ccc(NC(=O)c3ccc4ccccc4c3)cc2)C(C(=O)OCC)=C1C. The van der Waals surface area contributed by atoms with Crippen molar-refractivity contribution in [1.29, 1.82) is 0 Å². The quantitative estimate of drug-likeness (QED) is 0.451. The van der Waals surface area contributed by atoms with E-state index in [0.29, 0.717) is 29.1 Å². The monoisotopic (exact) mass is 471 g/mol. The molecule has 1 aliphatic rings. The van der Waals surface area contributed by atoms with Crippen LogP contribution >= 0.6 is 0 Å². The first-order chi connectivity index (χ1) is 16.9. The predicted octanol–water partition coefficient (Wildman–Crippen LogP) is 5.41. The number of amides is 3. The number of anilines is 1. The molecule has 3 aromatic carbocycles. The fourth-order valence-electron chi connectivity index (χ4n) is 4.29. The Balaban J connectivity index is 1.57. The number of esters is 1. The van der Waals surface area contributed by atoms with Gasteiger partial charge < -0.3 is 15.4 Å². The van der Waals surface area contributed by atoms with Gasteiger partial charge in [-0.3, -0.25) is 9.69 Å². The Kier molecular flexibility index (Phi) is 7.15. The maximum absolute atomic E-state index is 12.8. The fourth-order valence-corrected chi connectivity index (χ4v) is 4.29. The van der Waals surface area contributed by atoms with E-state index in [1.165, 1.54) is 0 Å². The van der Waals surface area contributed by atoms with Gasteiger partial charge in [-0.2, -0.15) is 0 Å². The Morgan fingerprint density at radius 1 is 1.00 bits per heavy atom. The van der Waals surface area contributed by atoms with Crippen molar-refractivity contribution in [1.82, 2.24) is 10.2 Å².